The first-order chi connectivity index (χ1) is 13.1. The molecule has 0 aliphatic rings. The number of nitrogens with one attached hydrogen (secondary N) is 2. The highest BCUT2D eigenvalue weighted by Gasteiger charge is 2.23. The minimum Gasteiger partial charge on any atom is -0.496 e. The Kier molecular flexibility index (Phi) is 5.85. The molecule has 7 nitrogen and oxygen atoms in total. The molecule has 4 N–H and O–H groups in total. The number of aromatic nitrogens is 2. The molecule has 2 aromatic carbocycles. The van der Waals surface area contributed by atoms with E-state index in [1.807, 2.05) is 6.07 Å². The van der Waals surface area contributed by atoms with Crippen LogP contribution >= 0.6 is 0 Å². The van der Waals surface area contributed by atoms with E-state index in [1.54, 1.807) is 54.9 Å². The lowest BCUT2D eigenvalue weighted by Gasteiger charge is -2.23. The SMILES string of the molecule is COc1cc(C(=O)N[C@@H](c2ccccc2)[C@H](O)CO)ccc1-c1cn[nH]c1. The summed E-state index contributed by atoms with van der Waals surface area (Å²) < 4.78 is 5.41. The molecule has 2 atom stereocenters. The van der Waals surface area contributed by atoms with Crippen LogP contribution < -0.4 is 10.1 Å². The van der Waals surface area contributed by atoms with Crippen molar-refractivity contribution < 1.29 is 19.7 Å². The molecule has 0 aliphatic heterocycles. The number of benzene rings is 2. The van der Waals surface area contributed by atoms with Crippen molar-refractivity contribution in [2.75, 3.05) is 13.7 Å². The molecule has 1 heterocycles. The fourth-order valence-electron chi connectivity index (χ4n) is 2.86. The number of ether oxygens (including phenoxy) is 1. The Morgan fingerprint density at radius 1 is 1.26 bits per heavy atom. The van der Waals surface area contributed by atoms with Crippen molar-refractivity contribution in [3.8, 4) is 16.9 Å². The van der Waals surface area contributed by atoms with E-state index in [-0.39, 0.29) is 5.91 Å². The summed E-state index contributed by atoms with van der Waals surface area (Å²) in [6.07, 6.45) is 2.28. The summed E-state index contributed by atoms with van der Waals surface area (Å²) in [5.74, 6) is 0.149. The average molecular weight is 367 g/mol. The standard InChI is InChI=1S/C20H21N3O4/c1-27-18-9-14(7-8-16(18)15-10-21-22-11-15)20(26)23-19(17(25)12-24)13-5-3-2-4-6-13/h2-11,17,19,24-25H,12H2,1H3,(H,21,22)(H,23,26)/t17-,19+/m1/s1. The Hall–Kier alpha value is -3.16. The van der Waals surface area contributed by atoms with Crippen LogP contribution in [0.1, 0.15) is 22.0 Å². The van der Waals surface area contributed by atoms with Crippen LogP contribution in [0.25, 0.3) is 11.1 Å². The van der Waals surface area contributed by atoms with Gasteiger partial charge in [-0.05, 0) is 23.8 Å². The van der Waals surface area contributed by atoms with Gasteiger partial charge in [0, 0.05) is 22.9 Å². The van der Waals surface area contributed by atoms with E-state index in [0.29, 0.717) is 16.9 Å². The number of aliphatic hydroxyl groups is 2. The number of nitrogens with zero attached hydrogens (tertiary/aromatic N) is 1. The molecule has 27 heavy (non-hydrogen) atoms. The van der Waals surface area contributed by atoms with Crippen LogP contribution in [-0.2, 0) is 0 Å². The zero-order chi connectivity index (χ0) is 19.2. The van der Waals surface area contributed by atoms with Crippen LogP contribution in [0, 0.1) is 0 Å². The highest BCUT2D eigenvalue weighted by atomic mass is 16.5. The molecule has 0 aliphatic carbocycles. The topological polar surface area (TPSA) is 107 Å². The van der Waals surface area contributed by atoms with Gasteiger partial charge in [0.2, 0.25) is 0 Å². The first kappa shape index (κ1) is 18.6. The first-order valence-electron chi connectivity index (χ1n) is 8.46. The van der Waals surface area contributed by atoms with Gasteiger partial charge in [0.1, 0.15) is 11.9 Å². The molecule has 1 aromatic heterocycles. The number of methoxy groups -OCH3 is 1. The van der Waals surface area contributed by atoms with Crippen LogP contribution in [-0.4, -0.2) is 46.1 Å². The maximum Gasteiger partial charge on any atom is 0.251 e. The third-order valence-corrected chi connectivity index (χ3v) is 4.29. The molecule has 3 rings (SSSR count). The average Bonchev–Trinajstić information content (AvgIpc) is 3.26. The third-order valence-electron chi connectivity index (χ3n) is 4.29. The Morgan fingerprint density at radius 3 is 2.67 bits per heavy atom. The quantitative estimate of drug-likeness (QED) is 0.510. The number of hydrogen-bond donors (Lipinski definition) is 4. The van der Waals surface area contributed by atoms with Crippen molar-refractivity contribution in [1.29, 1.82) is 0 Å². The van der Waals surface area contributed by atoms with E-state index >= 15 is 0 Å². The minimum absolute atomic E-state index is 0.380. The van der Waals surface area contributed by atoms with Gasteiger partial charge in [0.15, 0.2) is 0 Å². The van der Waals surface area contributed by atoms with Gasteiger partial charge in [-0.2, -0.15) is 5.10 Å². The van der Waals surface area contributed by atoms with Crippen molar-refractivity contribution in [3.63, 3.8) is 0 Å². The third kappa shape index (κ3) is 4.16. The lowest BCUT2D eigenvalue weighted by molar-refractivity contribution is 0.0564. The zero-order valence-electron chi connectivity index (χ0n) is 14.8. The summed E-state index contributed by atoms with van der Waals surface area (Å²) in [6.45, 7) is -0.470. The zero-order valence-corrected chi connectivity index (χ0v) is 14.8. The highest BCUT2D eigenvalue weighted by molar-refractivity contribution is 5.96. The van der Waals surface area contributed by atoms with Gasteiger partial charge in [-0.25, -0.2) is 0 Å². The molecule has 0 bridgehead atoms. The number of carbonyl (C=O) groups excluding carboxylic acids is 1. The van der Waals surface area contributed by atoms with Crippen LogP contribution in [0.3, 0.4) is 0 Å². The fourth-order valence-corrected chi connectivity index (χ4v) is 2.86. The Morgan fingerprint density at radius 2 is 2.04 bits per heavy atom. The van der Waals surface area contributed by atoms with Gasteiger partial charge in [0.05, 0.1) is 26.0 Å². The van der Waals surface area contributed by atoms with Crippen molar-refractivity contribution in [3.05, 3.63) is 72.1 Å². The van der Waals surface area contributed by atoms with E-state index in [1.165, 1.54) is 7.11 Å². The number of aliphatic hydroxyl groups excluding tert-OH is 2. The summed E-state index contributed by atoms with van der Waals surface area (Å²) in [5, 5.41) is 28.9. The van der Waals surface area contributed by atoms with E-state index in [0.717, 1.165) is 11.1 Å². The summed E-state index contributed by atoms with van der Waals surface area (Å²) in [7, 11) is 1.53. The number of rotatable bonds is 7. The summed E-state index contributed by atoms with van der Waals surface area (Å²) in [6, 6.07) is 13.4. The summed E-state index contributed by atoms with van der Waals surface area (Å²) in [4.78, 5) is 12.7. The van der Waals surface area contributed by atoms with Crippen molar-refractivity contribution >= 4 is 5.91 Å². The molecule has 3 aromatic rings. The van der Waals surface area contributed by atoms with Gasteiger partial charge >= 0.3 is 0 Å². The Balaban J connectivity index is 1.86. The van der Waals surface area contributed by atoms with Crippen molar-refractivity contribution in [1.82, 2.24) is 15.5 Å². The van der Waals surface area contributed by atoms with E-state index in [2.05, 4.69) is 15.5 Å². The monoisotopic (exact) mass is 367 g/mol. The molecule has 0 unspecified atom stereocenters. The van der Waals surface area contributed by atoms with Gasteiger partial charge in [-0.1, -0.05) is 30.3 Å². The molecular formula is C20H21N3O4. The van der Waals surface area contributed by atoms with Gasteiger partial charge in [-0.15, -0.1) is 0 Å². The second-order valence-corrected chi connectivity index (χ2v) is 6.01. The molecule has 1 amide bonds. The number of hydrogen-bond acceptors (Lipinski definition) is 5. The molecular weight excluding hydrogens is 346 g/mol. The largest absolute Gasteiger partial charge is 0.496 e. The van der Waals surface area contributed by atoms with Crippen LogP contribution in [0.5, 0.6) is 5.75 Å². The van der Waals surface area contributed by atoms with Crippen molar-refractivity contribution in [2.24, 2.45) is 0 Å². The van der Waals surface area contributed by atoms with E-state index in [9.17, 15) is 15.0 Å². The first-order valence-corrected chi connectivity index (χ1v) is 8.46. The molecule has 0 spiro atoms. The van der Waals surface area contributed by atoms with E-state index in [4.69, 9.17) is 4.74 Å². The maximum absolute atomic E-state index is 12.7. The fraction of sp³-hybridized carbons (Fsp3) is 0.200. The lowest BCUT2D eigenvalue weighted by atomic mass is 10.0. The molecule has 0 fully saturated rings. The smallest absolute Gasteiger partial charge is 0.251 e. The molecule has 7 heteroatoms. The van der Waals surface area contributed by atoms with Crippen LogP contribution in [0.2, 0.25) is 0 Å². The minimum atomic E-state index is -1.12. The molecule has 0 saturated carbocycles. The van der Waals surface area contributed by atoms with Crippen LogP contribution in [0.15, 0.2) is 60.9 Å². The lowest BCUT2D eigenvalue weighted by Crippen LogP contribution is -2.38. The Bertz CT molecular complexity index is 882. The second-order valence-electron chi connectivity index (χ2n) is 6.01. The highest BCUT2D eigenvalue weighted by Crippen LogP contribution is 2.30. The van der Waals surface area contributed by atoms with Gasteiger partial charge < -0.3 is 20.3 Å². The Labute approximate surface area is 156 Å². The van der Waals surface area contributed by atoms with Gasteiger partial charge in [-0.3, -0.25) is 9.89 Å². The number of aromatic amines is 1. The predicted molar refractivity (Wildman–Crippen MR) is 100 cm³/mol. The predicted octanol–water partition coefficient (Wildman–Crippen LogP) is 1.91. The molecule has 0 radical (unpaired) electrons. The normalized spacial score (nSPS) is 13.0. The van der Waals surface area contributed by atoms with Gasteiger partial charge in [0.25, 0.3) is 5.91 Å². The number of carbonyl (C=O) groups is 1. The second kappa shape index (κ2) is 8.48. The van der Waals surface area contributed by atoms with Crippen LogP contribution in [0.4, 0.5) is 0 Å². The van der Waals surface area contributed by atoms with E-state index < -0.39 is 18.8 Å². The number of H-pyrrole nitrogens is 1. The molecule has 140 valence electrons. The summed E-state index contributed by atoms with van der Waals surface area (Å²) >= 11 is 0. The summed E-state index contributed by atoms with van der Waals surface area (Å²) in [5.41, 5.74) is 2.73. The maximum atomic E-state index is 12.7. The molecule has 0 saturated heterocycles. The van der Waals surface area contributed by atoms with Crippen molar-refractivity contribution in [2.45, 2.75) is 12.1 Å². The number of amides is 1.